The van der Waals surface area contributed by atoms with E-state index >= 15 is 0 Å². The second kappa shape index (κ2) is 8.44. The van der Waals surface area contributed by atoms with Gasteiger partial charge in [-0.2, -0.15) is 0 Å². The number of aromatic nitrogens is 1. The van der Waals surface area contributed by atoms with Gasteiger partial charge < -0.3 is 9.84 Å². The number of aliphatic hydroxyl groups is 1. The van der Waals surface area contributed by atoms with Gasteiger partial charge in [-0.25, -0.2) is 9.79 Å². The van der Waals surface area contributed by atoms with Crippen LogP contribution in [0.25, 0.3) is 6.08 Å². The van der Waals surface area contributed by atoms with E-state index in [1.807, 2.05) is 51.1 Å². The number of aliphatic imine (C=N–C) groups is 1. The minimum atomic E-state index is -0.587. The SMILES string of the molecule is CCOC(=O)C1=C(O)/C(=C\c2cccc(C)n2)SC1=Nc1cc(C)cc(C)c1. The molecule has 144 valence electrons. The molecule has 0 bridgehead atoms. The normalized spacial score (nSPS) is 16.9. The van der Waals surface area contributed by atoms with Crippen molar-refractivity contribution in [3.05, 3.63) is 75.2 Å². The van der Waals surface area contributed by atoms with Crippen LogP contribution in [-0.2, 0) is 9.53 Å². The van der Waals surface area contributed by atoms with Crippen LogP contribution in [0.5, 0.6) is 0 Å². The summed E-state index contributed by atoms with van der Waals surface area (Å²) in [7, 11) is 0. The molecule has 6 heteroatoms. The number of carbonyl (C=O) groups is 1. The minimum absolute atomic E-state index is 0.0879. The highest BCUT2D eigenvalue weighted by molar-refractivity contribution is 8.18. The van der Waals surface area contributed by atoms with E-state index in [4.69, 9.17) is 4.74 Å². The average Bonchev–Trinajstić information content (AvgIpc) is 2.89. The Hall–Kier alpha value is -2.86. The maximum absolute atomic E-state index is 12.5. The van der Waals surface area contributed by atoms with Crippen molar-refractivity contribution in [2.75, 3.05) is 6.61 Å². The zero-order valence-corrected chi connectivity index (χ0v) is 17.1. The predicted molar refractivity (Wildman–Crippen MR) is 114 cm³/mol. The van der Waals surface area contributed by atoms with Gasteiger partial charge in [0.15, 0.2) is 0 Å². The summed E-state index contributed by atoms with van der Waals surface area (Å²) in [6, 6.07) is 11.6. The Morgan fingerprint density at radius 1 is 1.21 bits per heavy atom. The summed E-state index contributed by atoms with van der Waals surface area (Å²) in [6.07, 6.45) is 1.75. The van der Waals surface area contributed by atoms with E-state index in [1.54, 1.807) is 13.0 Å². The third-order valence-electron chi connectivity index (χ3n) is 4.00. The van der Waals surface area contributed by atoms with Crippen molar-refractivity contribution in [1.29, 1.82) is 0 Å². The molecule has 1 N–H and O–H groups in total. The van der Waals surface area contributed by atoms with E-state index in [0.717, 1.165) is 22.5 Å². The van der Waals surface area contributed by atoms with E-state index in [1.165, 1.54) is 11.8 Å². The Morgan fingerprint density at radius 2 is 1.93 bits per heavy atom. The number of nitrogens with zero attached hydrogens (tertiary/aromatic N) is 2. The molecule has 1 aromatic heterocycles. The first kappa shape index (κ1) is 19.9. The van der Waals surface area contributed by atoms with Crippen LogP contribution in [0.2, 0.25) is 0 Å². The molecule has 3 rings (SSSR count). The number of benzene rings is 1. The van der Waals surface area contributed by atoms with Crippen molar-refractivity contribution < 1.29 is 14.6 Å². The van der Waals surface area contributed by atoms with Crippen LogP contribution < -0.4 is 0 Å². The number of hydrogen-bond donors (Lipinski definition) is 1. The Kier molecular flexibility index (Phi) is 5.99. The summed E-state index contributed by atoms with van der Waals surface area (Å²) < 4.78 is 5.14. The molecular weight excluding hydrogens is 372 g/mol. The Bertz CT molecular complexity index is 1000. The van der Waals surface area contributed by atoms with Crippen LogP contribution >= 0.6 is 11.8 Å². The maximum atomic E-state index is 12.5. The van der Waals surface area contributed by atoms with Crippen molar-refractivity contribution in [2.45, 2.75) is 27.7 Å². The zero-order chi connectivity index (χ0) is 20.3. The van der Waals surface area contributed by atoms with Crippen LogP contribution in [0, 0.1) is 20.8 Å². The van der Waals surface area contributed by atoms with E-state index < -0.39 is 5.97 Å². The zero-order valence-electron chi connectivity index (χ0n) is 16.3. The van der Waals surface area contributed by atoms with Gasteiger partial charge in [0.05, 0.1) is 22.9 Å². The molecule has 0 aliphatic carbocycles. The minimum Gasteiger partial charge on any atom is -0.506 e. The van der Waals surface area contributed by atoms with Gasteiger partial charge in [0.25, 0.3) is 0 Å². The Labute approximate surface area is 168 Å². The van der Waals surface area contributed by atoms with Crippen LogP contribution in [0.15, 0.2) is 57.6 Å². The van der Waals surface area contributed by atoms with Gasteiger partial charge in [0.2, 0.25) is 0 Å². The largest absolute Gasteiger partial charge is 0.506 e. The fraction of sp³-hybridized carbons (Fsp3) is 0.227. The molecule has 28 heavy (non-hydrogen) atoms. The molecule has 0 radical (unpaired) electrons. The van der Waals surface area contributed by atoms with Gasteiger partial charge in [0, 0.05) is 5.69 Å². The Balaban J connectivity index is 2.07. The van der Waals surface area contributed by atoms with Gasteiger partial charge in [-0.3, -0.25) is 4.98 Å². The number of ether oxygens (including phenoxy) is 1. The molecule has 1 aliphatic rings. The van der Waals surface area contributed by atoms with Crippen molar-refractivity contribution in [3.63, 3.8) is 0 Å². The Morgan fingerprint density at radius 3 is 2.57 bits per heavy atom. The van der Waals surface area contributed by atoms with Crippen LogP contribution in [0.1, 0.15) is 29.4 Å². The number of pyridine rings is 1. The van der Waals surface area contributed by atoms with Crippen LogP contribution in [-0.4, -0.2) is 27.7 Å². The summed E-state index contributed by atoms with van der Waals surface area (Å²) in [5.41, 5.74) is 4.54. The number of aliphatic hydroxyl groups excluding tert-OH is 1. The van der Waals surface area contributed by atoms with Crippen LogP contribution in [0.4, 0.5) is 5.69 Å². The summed E-state index contributed by atoms with van der Waals surface area (Å²) >= 11 is 1.23. The molecule has 0 spiro atoms. The number of esters is 1. The molecule has 0 amide bonds. The van der Waals surface area contributed by atoms with E-state index in [-0.39, 0.29) is 17.9 Å². The van der Waals surface area contributed by atoms with Crippen molar-refractivity contribution >= 4 is 34.5 Å². The van der Waals surface area contributed by atoms with Gasteiger partial charge >= 0.3 is 5.97 Å². The van der Waals surface area contributed by atoms with Crippen molar-refractivity contribution in [3.8, 4) is 0 Å². The highest BCUT2D eigenvalue weighted by Crippen LogP contribution is 2.40. The molecule has 0 fully saturated rings. The monoisotopic (exact) mass is 394 g/mol. The lowest BCUT2D eigenvalue weighted by Gasteiger charge is -2.05. The standard InChI is InChI=1S/C22H22N2O3S/c1-5-27-22(26)19-20(25)18(12-16-8-6-7-15(4)23-16)28-21(19)24-17-10-13(2)9-14(3)11-17/h6-12,25H,5H2,1-4H3/b18-12+,24-21?. The fourth-order valence-electron chi connectivity index (χ4n) is 2.90. The van der Waals surface area contributed by atoms with E-state index in [9.17, 15) is 9.90 Å². The number of carbonyl (C=O) groups excluding carboxylic acids is 1. The molecule has 0 unspecified atom stereocenters. The molecule has 1 aromatic carbocycles. The molecular formula is C22H22N2O3S. The summed E-state index contributed by atoms with van der Waals surface area (Å²) in [5, 5.41) is 11.1. The lowest BCUT2D eigenvalue weighted by Crippen LogP contribution is -2.12. The molecule has 2 aromatic rings. The third-order valence-corrected chi connectivity index (χ3v) is 5.02. The van der Waals surface area contributed by atoms with Crippen molar-refractivity contribution in [2.24, 2.45) is 4.99 Å². The van der Waals surface area contributed by atoms with E-state index in [0.29, 0.717) is 15.6 Å². The lowest BCUT2D eigenvalue weighted by atomic mass is 10.1. The summed E-state index contributed by atoms with van der Waals surface area (Å²) in [6.45, 7) is 7.83. The topological polar surface area (TPSA) is 71.8 Å². The molecule has 0 saturated carbocycles. The third kappa shape index (κ3) is 4.51. The predicted octanol–water partition coefficient (Wildman–Crippen LogP) is 5.20. The molecule has 0 atom stereocenters. The second-order valence-electron chi connectivity index (χ2n) is 6.52. The number of rotatable bonds is 4. The number of hydrogen-bond acceptors (Lipinski definition) is 6. The first-order valence-corrected chi connectivity index (χ1v) is 9.80. The molecule has 5 nitrogen and oxygen atoms in total. The number of thioether (sulfide) groups is 1. The molecule has 2 heterocycles. The lowest BCUT2D eigenvalue weighted by molar-refractivity contribution is -0.138. The quantitative estimate of drug-likeness (QED) is 0.722. The smallest absolute Gasteiger partial charge is 0.344 e. The highest BCUT2D eigenvalue weighted by atomic mass is 32.2. The van der Waals surface area contributed by atoms with E-state index in [2.05, 4.69) is 16.0 Å². The maximum Gasteiger partial charge on any atom is 0.344 e. The second-order valence-corrected chi connectivity index (χ2v) is 7.55. The van der Waals surface area contributed by atoms with Crippen molar-refractivity contribution in [1.82, 2.24) is 4.98 Å². The van der Waals surface area contributed by atoms with Gasteiger partial charge in [-0.1, -0.05) is 23.9 Å². The van der Waals surface area contributed by atoms with Gasteiger partial charge in [0.1, 0.15) is 16.4 Å². The first-order valence-electron chi connectivity index (χ1n) is 8.98. The highest BCUT2D eigenvalue weighted by Gasteiger charge is 2.33. The number of aryl methyl sites for hydroxylation is 3. The summed E-state index contributed by atoms with van der Waals surface area (Å²) in [4.78, 5) is 22.0. The average molecular weight is 394 g/mol. The molecule has 1 aliphatic heterocycles. The van der Waals surface area contributed by atoms with Gasteiger partial charge in [-0.15, -0.1) is 0 Å². The fourth-order valence-corrected chi connectivity index (χ4v) is 3.92. The van der Waals surface area contributed by atoms with Crippen LogP contribution in [0.3, 0.4) is 0 Å². The van der Waals surface area contributed by atoms with Gasteiger partial charge in [-0.05, 0) is 69.2 Å². The molecule has 0 saturated heterocycles. The first-order chi connectivity index (χ1) is 13.4. The summed E-state index contributed by atoms with van der Waals surface area (Å²) in [5.74, 6) is -0.717.